The molecule has 8 aromatic carbocycles. The highest BCUT2D eigenvalue weighted by Crippen LogP contribution is 2.39. The summed E-state index contributed by atoms with van der Waals surface area (Å²) in [4.78, 5) is 117. The molecule has 0 bridgehead atoms. The van der Waals surface area contributed by atoms with Crippen LogP contribution in [0.15, 0.2) is 106 Å². The fraction of sp³-hybridized carbons (Fsp3) is 0.359. The van der Waals surface area contributed by atoms with E-state index in [1.54, 1.807) is 59.7 Å². The molecule has 4 aliphatic rings. The lowest BCUT2D eigenvalue weighted by molar-refractivity contribution is 0.0174. The Morgan fingerprint density at radius 1 is 0.407 bits per heavy atom. The summed E-state index contributed by atoms with van der Waals surface area (Å²) in [5.41, 5.74) is 16.0. The van der Waals surface area contributed by atoms with Crippen LogP contribution in [-0.2, 0) is 56.4 Å². The lowest BCUT2D eigenvalue weighted by Crippen LogP contribution is -2.40. The van der Waals surface area contributed by atoms with Gasteiger partial charge in [-0.1, -0.05) is 108 Å². The van der Waals surface area contributed by atoms with E-state index in [4.69, 9.17) is 89.0 Å². The van der Waals surface area contributed by atoms with E-state index in [2.05, 4.69) is 109 Å². The van der Waals surface area contributed by atoms with Crippen LogP contribution in [0, 0.1) is 41.5 Å². The Labute approximate surface area is 758 Å². The Morgan fingerprint density at radius 2 is 0.764 bits per heavy atom. The van der Waals surface area contributed by atoms with Crippen molar-refractivity contribution in [2.75, 3.05) is 78.8 Å². The Balaban J connectivity index is 0.000000141. The topological polar surface area (TPSA) is 222 Å². The average Bonchev–Trinajstić information content (AvgIpc) is 1.57. The van der Waals surface area contributed by atoms with Gasteiger partial charge in [0.1, 0.15) is 11.6 Å². The number of benzene rings is 8. The lowest BCUT2D eigenvalue weighted by Gasteiger charge is -2.28. The van der Waals surface area contributed by atoms with Crippen molar-refractivity contribution in [3.8, 4) is 0 Å². The van der Waals surface area contributed by atoms with Gasteiger partial charge in [0.15, 0.2) is 17.4 Å². The number of halogens is 10. The molecule has 0 atom stereocenters. The molecule has 644 valence electrons. The molecule has 4 fully saturated rings. The number of aryl methyl sites for hydroxylation is 9. The number of aromatic nitrogens is 8. The first-order valence-corrected chi connectivity index (χ1v) is 44.3. The summed E-state index contributed by atoms with van der Waals surface area (Å²) >= 11 is 46.1. The van der Waals surface area contributed by atoms with Gasteiger partial charge in [-0.2, -0.15) is 0 Å². The Kier molecular flexibility index (Phi) is 28.7. The van der Waals surface area contributed by atoms with Crippen molar-refractivity contribution in [1.29, 1.82) is 0 Å². The van der Waals surface area contributed by atoms with Gasteiger partial charge in [0.25, 0.3) is 29.6 Å². The normalized spacial score (nSPS) is 14.5. The van der Waals surface area contributed by atoms with Gasteiger partial charge in [-0.3, -0.25) is 33.6 Å². The summed E-state index contributed by atoms with van der Waals surface area (Å²) in [5, 5.41) is 1.09. The molecule has 4 aliphatic heterocycles. The van der Waals surface area contributed by atoms with Crippen LogP contribution in [0.4, 0.5) is 8.78 Å². The van der Waals surface area contributed by atoms with Crippen LogP contribution in [0.3, 0.4) is 0 Å². The summed E-state index contributed by atoms with van der Waals surface area (Å²) in [7, 11) is 7.31. The first-order chi connectivity index (χ1) is 58.4. The number of hydrogen-bond donors (Lipinski definition) is 0. The van der Waals surface area contributed by atoms with E-state index in [1.165, 1.54) is 77.4 Å². The number of carbonyl (C=O) groups excluding carboxylic acids is 7. The van der Waals surface area contributed by atoms with Gasteiger partial charge >= 0.3 is 0 Å². The summed E-state index contributed by atoms with van der Waals surface area (Å²) in [6, 6.07) is 28.0. The third-order valence-electron chi connectivity index (χ3n) is 23.3. The third-order valence-corrected chi connectivity index (χ3v) is 26.4. The molecule has 4 saturated heterocycles. The molecule has 123 heavy (non-hydrogen) atoms. The number of carbonyl (C=O) groups is 7. The number of imidazole rings is 4. The largest absolute Gasteiger partial charge is 0.378 e. The van der Waals surface area contributed by atoms with Gasteiger partial charge in [-0.15, -0.1) is 0 Å². The second-order valence-electron chi connectivity index (χ2n) is 31.6. The molecule has 4 aromatic heterocycles. The minimum absolute atomic E-state index is 0.00723. The highest BCUT2D eigenvalue weighted by atomic mass is 79.9. The van der Waals surface area contributed by atoms with Crippen molar-refractivity contribution < 1.29 is 51.8 Å². The van der Waals surface area contributed by atoms with Crippen molar-refractivity contribution in [2.45, 2.75) is 113 Å². The van der Waals surface area contributed by atoms with E-state index in [0.29, 0.717) is 108 Å². The number of morpholine rings is 2. The molecule has 31 heteroatoms. The van der Waals surface area contributed by atoms with Crippen molar-refractivity contribution in [3.05, 3.63) is 248 Å². The molecule has 0 saturated carbocycles. The number of hydrogen-bond acceptors (Lipinski definition) is 13. The van der Waals surface area contributed by atoms with Crippen LogP contribution >= 0.6 is 101 Å². The average molecular weight is 1920 g/mol. The van der Waals surface area contributed by atoms with Crippen LogP contribution in [0.25, 0.3) is 44.1 Å². The molecular formula is C92H92Br2Cl6F2N12O9. The van der Waals surface area contributed by atoms with E-state index < -0.39 is 17.5 Å². The monoisotopic (exact) mass is 1910 g/mol. The molecule has 4 amide bonds. The first-order valence-electron chi connectivity index (χ1n) is 40.4. The summed E-state index contributed by atoms with van der Waals surface area (Å²) in [6.07, 6.45) is 7.88. The smallest absolute Gasteiger partial charge is 0.270 e. The van der Waals surface area contributed by atoms with Crippen molar-refractivity contribution >= 4 is 187 Å². The van der Waals surface area contributed by atoms with E-state index in [9.17, 15) is 42.3 Å². The Bertz CT molecular complexity index is 6080. The summed E-state index contributed by atoms with van der Waals surface area (Å²) < 4.78 is 47.8. The quantitative estimate of drug-likeness (QED) is 0.0925. The molecule has 12 aromatic rings. The number of fused-ring (bicyclic) bond motifs is 4. The second-order valence-corrected chi connectivity index (χ2v) is 35.8. The van der Waals surface area contributed by atoms with Crippen molar-refractivity contribution in [3.63, 3.8) is 0 Å². The van der Waals surface area contributed by atoms with Crippen LogP contribution in [0.5, 0.6) is 0 Å². The van der Waals surface area contributed by atoms with Crippen LogP contribution in [0.1, 0.15) is 198 Å². The van der Waals surface area contributed by atoms with Gasteiger partial charge in [0, 0.05) is 131 Å². The van der Waals surface area contributed by atoms with Gasteiger partial charge in [-0.25, -0.2) is 28.7 Å². The van der Waals surface area contributed by atoms with E-state index in [1.807, 2.05) is 36.8 Å². The Hall–Kier alpha value is -8.99. The fourth-order valence-electron chi connectivity index (χ4n) is 16.1. The van der Waals surface area contributed by atoms with Crippen molar-refractivity contribution in [2.24, 2.45) is 28.2 Å². The molecule has 0 radical (unpaired) electrons. The number of rotatable bonds is 14. The number of alkyl halides is 2. The zero-order valence-corrected chi connectivity index (χ0v) is 77.9. The van der Waals surface area contributed by atoms with Gasteiger partial charge < -0.3 is 47.3 Å². The molecule has 0 N–H and O–H groups in total. The van der Waals surface area contributed by atoms with Gasteiger partial charge in [0.2, 0.25) is 11.6 Å². The number of likely N-dealkylation sites (tertiary alicyclic amines) is 2. The van der Waals surface area contributed by atoms with E-state index in [-0.39, 0.29) is 89.0 Å². The molecular weight excluding hydrogens is 1830 g/mol. The number of ether oxygens (including phenoxy) is 2. The number of nitrogens with zero attached hydrogens (tertiary/aromatic N) is 12. The summed E-state index contributed by atoms with van der Waals surface area (Å²) in [6.45, 7) is 20.9. The maximum absolute atomic E-state index is 13.9. The van der Waals surface area contributed by atoms with Crippen LogP contribution in [-0.4, -0.2) is 178 Å². The second kappa shape index (κ2) is 38.5. The summed E-state index contributed by atoms with van der Waals surface area (Å²) in [5.74, 6) is -2.72. The molecule has 0 unspecified atom stereocenters. The highest BCUT2D eigenvalue weighted by Gasteiger charge is 2.34. The maximum Gasteiger partial charge on any atom is 0.270 e. The zero-order valence-electron chi connectivity index (χ0n) is 70.2. The predicted octanol–water partition coefficient (Wildman–Crippen LogP) is 20.7. The lowest BCUT2D eigenvalue weighted by atomic mass is 9.94. The van der Waals surface area contributed by atoms with Gasteiger partial charge in [0.05, 0.1) is 123 Å². The minimum atomic E-state index is -3.05. The third kappa shape index (κ3) is 19.2. The standard InChI is InChI=1S/C24H28BrN3O.C23H21Cl2F2N3O3.C23H21Cl2N3O4.C22H22BrCl2N3O/c1-15-8-9-19(24(29)28-10-6-5-7-11-28)17(3)20(15)14-22-26-23-16(2)12-18(25)13-21(23)27(22)4;1-12-10-13(23(2,26)27)11-16-19(12)28-21(29(16)3)20(31)17-15(24)5-4-14(18(17)25)22(32)30-6-8-33-9-7-30;1-12-10-14(13(2)29)11-17-20(12)26-22(27(17)3)21(30)18-16(24)5-4-15(19(18)25)23(31)28-6-8-32-9-7-28;1-13-10-14(23)11-18-21(13)26-19(27(18)2)12-16-17(24)7-6-15(20(16)25)22(29)28-8-4-3-5-9-28/h8-9,12-13H,5-7,10-11,14H2,1-4H3;4-5,10-11H,6-9H2,1-3H3;4-5,10-11H,6-9H2,1-3H3;6-7,10-11H,3-5,8-9,12H2,1-2H3. The number of ketones is 3. The van der Waals surface area contributed by atoms with E-state index in [0.717, 1.165) is 136 Å². The number of piperidine rings is 2. The van der Waals surface area contributed by atoms with Crippen LogP contribution < -0.4 is 0 Å². The zero-order chi connectivity index (χ0) is 88.6. The van der Waals surface area contributed by atoms with Gasteiger partial charge in [-0.05, 0) is 222 Å². The van der Waals surface area contributed by atoms with Crippen LogP contribution in [0.2, 0.25) is 30.1 Å². The molecule has 16 rings (SSSR count). The minimum Gasteiger partial charge on any atom is -0.378 e. The highest BCUT2D eigenvalue weighted by molar-refractivity contribution is 9.10. The molecule has 0 aliphatic carbocycles. The molecule has 21 nitrogen and oxygen atoms in total. The molecule has 8 heterocycles. The van der Waals surface area contributed by atoms with Crippen molar-refractivity contribution in [1.82, 2.24) is 57.8 Å². The fourth-order valence-corrected chi connectivity index (χ4v) is 19.1. The first kappa shape index (κ1) is 91.7. The number of amides is 4. The number of Topliss-reactive ketones (excluding diaryl/α,β-unsaturated/α-hetero) is 1. The SMILES string of the molecule is CC(=O)c1cc(C)c2nc(C(=O)c3c(Cl)ccc(C(=O)N4CCOCC4)c3Cl)n(C)c2c1.Cc1cc(Br)cc2c1nc(Cc1c(Cl)ccc(C(=O)N3CCCCC3)c1Cl)n2C.Cc1cc(C(C)(F)F)cc2c1nc(C(=O)c1c(Cl)ccc(C(=O)N3CCOCC3)c1Cl)n2C.Cc1ccc(C(=O)N2CCCCC2)c(C)c1Cc1nc2c(C)cc(Br)cc2n1C. The maximum atomic E-state index is 13.9. The Morgan fingerprint density at radius 3 is 1.20 bits per heavy atom. The molecule has 0 spiro atoms. The predicted molar refractivity (Wildman–Crippen MR) is 488 cm³/mol. The van der Waals surface area contributed by atoms with E-state index >= 15 is 0 Å².